The molecule has 5 nitrogen and oxygen atoms in total. The number of rotatable bonds is 3. The van der Waals surface area contributed by atoms with Crippen LogP contribution in [0.15, 0.2) is 4.52 Å². The van der Waals surface area contributed by atoms with E-state index in [2.05, 4.69) is 28.9 Å². The lowest BCUT2D eigenvalue weighted by Gasteiger charge is -2.36. The lowest BCUT2D eigenvalue weighted by molar-refractivity contribution is 0.237. The minimum Gasteiger partial charge on any atom is -0.339 e. The quantitative estimate of drug-likeness (QED) is 0.858. The molecule has 1 saturated carbocycles. The van der Waals surface area contributed by atoms with Gasteiger partial charge in [0.1, 0.15) is 0 Å². The van der Waals surface area contributed by atoms with E-state index in [1.54, 1.807) is 0 Å². The van der Waals surface area contributed by atoms with Crippen molar-refractivity contribution in [2.75, 3.05) is 18.8 Å². The van der Waals surface area contributed by atoms with Crippen molar-refractivity contribution in [2.45, 2.75) is 63.2 Å². The molecule has 1 unspecified atom stereocenters. The van der Waals surface area contributed by atoms with Crippen LogP contribution in [-0.2, 0) is 17.3 Å². The Hall–Kier alpha value is -0.750. The van der Waals surface area contributed by atoms with Crippen LogP contribution in [0, 0.1) is 0 Å². The first kappa shape index (κ1) is 15.2. The van der Waals surface area contributed by atoms with Crippen molar-refractivity contribution in [2.24, 2.45) is 0 Å². The number of aromatic nitrogens is 2. The van der Waals surface area contributed by atoms with Gasteiger partial charge in [0.05, 0.1) is 11.3 Å². The lowest BCUT2D eigenvalue weighted by atomic mass is 9.89. The van der Waals surface area contributed by atoms with Gasteiger partial charge in [0.15, 0.2) is 5.82 Å². The van der Waals surface area contributed by atoms with E-state index in [1.807, 2.05) is 0 Å². The summed E-state index contributed by atoms with van der Waals surface area (Å²) >= 11 is 0. The second kappa shape index (κ2) is 6.16. The zero-order chi connectivity index (χ0) is 14.9. The molecule has 6 heteroatoms. The van der Waals surface area contributed by atoms with Gasteiger partial charge in [-0.15, -0.1) is 0 Å². The first-order chi connectivity index (χ1) is 10.0. The Kier molecular flexibility index (Phi) is 4.45. The minimum absolute atomic E-state index is 0.145. The van der Waals surface area contributed by atoms with Crippen molar-refractivity contribution < 1.29 is 8.73 Å². The fourth-order valence-corrected chi connectivity index (χ4v) is 4.66. The zero-order valence-corrected chi connectivity index (χ0v) is 13.8. The van der Waals surface area contributed by atoms with E-state index >= 15 is 0 Å². The molecule has 0 amide bonds. The Labute approximate surface area is 128 Å². The SMILES string of the molecule is CC1(C)CN(Cc2noc(C3CCCCC3)n2)CCS1=O. The van der Waals surface area contributed by atoms with Crippen LogP contribution in [0.1, 0.15) is 63.6 Å². The lowest BCUT2D eigenvalue weighted by Crippen LogP contribution is -2.49. The van der Waals surface area contributed by atoms with Gasteiger partial charge in [0, 0.05) is 35.6 Å². The van der Waals surface area contributed by atoms with Crippen molar-refractivity contribution in [1.29, 1.82) is 0 Å². The summed E-state index contributed by atoms with van der Waals surface area (Å²) in [6.07, 6.45) is 6.23. The first-order valence-electron chi connectivity index (χ1n) is 7.98. The molecule has 0 radical (unpaired) electrons. The molecule has 2 aliphatic rings. The normalized spacial score (nSPS) is 27.8. The summed E-state index contributed by atoms with van der Waals surface area (Å²) in [5, 5.41) is 4.15. The predicted octanol–water partition coefficient (Wildman–Crippen LogP) is 2.46. The van der Waals surface area contributed by atoms with Gasteiger partial charge < -0.3 is 4.52 Å². The zero-order valence-electron chi connectivity index (χ0n) is 13.0. The summed E-state index contributed by atoms with van der Waals surface area (Å²) < 4.78 is 17.3. The molecule has 0 aromatic carbocycles. The number of nitrogens with zero attached hydrogens (tertiary/aromatic N) is 3. The second-order valence-electron chi connectivity index (χ2n) is 6.90. The summed E-state index contributed by atoms with van der Waals surface area (Å²) in [6.45, 7) is 6.52. The van der Waals surface area contributed by atoms with Crippen LogP contribution in [0.25, 0.3) is 0 Å². The highest BCUT2D eigenvalue weighted by molar-refractivity contribution is 7.86. The van der Waals surface area contributed by atoms with Crippen molar-refractivity contribution in [3.05, 3.63) is 11.7 Å². The van der Waals surface area contributed by atoms with Gasteiger partial charge in [-0.05, 0) is 26.7 Å². The van der Waals surface area contributed by atoms with E-state index in [4.69, 9.17) is 4.52 Å². The van der Waals surface area contributed by atoms with Crippen LogP contribution < -0.4 is 0 Å². The van der Waals surface area contributed by atoms with E-state index in [9.17, 15) is 4.21 Å². The highest BCUT2D eigenvalue weighted by Gasteiger charge is 2.33. The molecule has 2 fully saturated rings. The van der Waals surface area contributed by atoms with Gasteiger partial charge in [-0.1, -0.05) is 24.4 Å². The average molecular weight is 311 g/mol. The maximum Gasteiger partial charge on any atom is 0.229 e. The summed E-state index contributed by atoms with van der Waals surface area (Å²) in [7, 11) is -0.734. The highest BCUT2D eigenvalue weighted by Crippen LogP contribution is 2.31. The molecule has 118 valence electrons. The third-order valence-corrected chi connectivity index (χ3v) is 6.53. The van der Waals surface area contributed by atoms with Crippen LogP contribution in [0.5, 0.6) is 0 Å². The standard InChI is InChI=1S/C15H25N3O2S/c1-15(2)11-18(8-9-21(15)19)10-13-16-14(20-17-13)12-6-4-3-5-7-12/h12H,3-11H2,1-2H3. The van der Waals surface area contributed by atoms with Crippen molar-refractivity contribution in [3.8, 4) is 0 Å². The molecule has 21 heavy (non-hydrogen) atoms. The van der Waals surface area contributed by atoms with E-state index in [-0.39, 0.29) is 4.75 Å². The fourth-order valence-electron chi connectivity index (χ4n) is 3.36. The van der Waals surface area contributed by atoms with E-state index in [0.29, 0.717) is 12.5 Å². The fraction of sp³-hybridized carbons (Fsp3) is 0.867. The van der Waals surface area contributed by atoms with Crippen molar-refractivity contribution in [1.82, 2.24) is 15.0 Å². The predicted molar refractivity (Wildman–Crippen MR) is 82.5 cm³/mol. The summed E-state index contributed by atoms with van der Waals surface area (Å²) in [5.41, 5.74) is 0. The summed E-state index contributed by atoms with van der Waals surface area (Å²) in [5.74, 6) is 2.80. The summed E-state index contributed by atoms with van der Waals surface area (Å²) in [4.78, 5) is 6.89. The molecule has 0 N–H and O–H groups in total. The van der Waals surface area contributed by atoms with E-state index < -0.39 is 10.8 Å². The van der Waals surface area contributed by atoms with Gasteiger partial charge >= 0.3 is 0 Å². The van der Waals surface area contributed by atoms with Crippen LogP contribution in [-0.4, -0.2) is 42.8 Å². The van der Waals surface area contributed by atoms with Crippen LogP contribution >= 0.6 is 0 Å². The van der Waals surface area contributed by atoms with Crippen molar-refractivity contribution >= 4 is 10.8 Å². The van der Waals surface area contributed by atoms with Crippen molar-refractivity contribution in [3.63, 3.8) is 0 Å². The van der Waals surface area contributed by atoms with Crippen LogP contribution in [0.3, 0.4) is 0 Å². The molecule has 3 rings (SSSR count). The molecule has 2 heterocycles. The maximum absolute atomic E-state index is 12.0. The molecular formula is C15H25N3O2S. The topological polar surface area (TPSA) is 59.2 Å². The van der Waals surface area contributed by atoms with Gasteiger partial charge in [-0.3, -0.25) is 9.11 Å². The Bertz CT molecular complexity index is 509. The maximum atomic E-state index is 12.0. The Morgan fingerprint density at radius 3 is 2.81 bits per heavy atom. The van der Waals surface area contributed by atoms with Crippen LogP contribution in [0.4, 0.5) is 0 Å². The number of hydrogen-bond acceptors (Lipinski definition) is 5. The average Bonchev–Trinajstić information content (AvgIpc) is 2.92. The van der Waals surface area contributed by atoms with Crippen LogP contribution in [0.2, 0.25) is 0 Å². The molecule has 0 spiro atoms. The minimum atomic E-state index is -0.734. The smallest absolute Gasteiger partial charge is 0.229 e. The third kappa shape index (κ3) is 3.54. The first-order valence-corrected chi connectivity index (χ1v) is 9.30. The Morgan fingerprint density at radius 1 is 1.33 bits per heavy atom. The van der Waals surface area contributed by atoms with E-state index in [1.165, 1.54) is 32.1 Å². The molecule has 1 atom stereocenters. The van der Waals surface area contributed by atoms with Gasteiger partial charge in [0.25, 0.3) is 0 Å². The third-order valence-electron chi connectivity index (χ3n) is 4.62. The van der Waals surface area contributed by atoms with Gasteiger partial charge in [-0.25, -0.2) is 0 Å². The second-order valence-corrected chi connectivity index (χ2v) is 9.11. The highest BCUT2D eigenvalue weighted by atomic mass is 32.2. The van der Waals surface area contributed by atoms with E-state index in [0.717, 1.165) is 30.6 Å². The Balaban J connectivity index is 1.61. The van der Waals surface area contributed by atoms with Gasteiger partial charge in [0.2, 0.25) is 5.89 Å². The molecule has 0 bridgehead atoms. The van der Waals surface area contributed by atoms with Gasteiger partial charge in [-0.2, -0.15) is 4.98 Å². The summed E-state index contributed by atoms with van der Waals surface area (Å²) in [6, 6.07) is 0. The monoisotopic (exact) mass is 311 g/mol. The number of hydrogen-bond donors (Lipinski definition) is 0. The molecule has 1 aliphatic heterocycles. The molecule has 1 aromatic rings. The largest absolute Gasteiger partial charge is 0.339 e. The molecular weight excluding hydrogens is 286 g/mol. The molecule has 1 saturated heterocycles. The Morgan fingerprint density at radius 2 is 2.10 bits per heavy atom. The molecule has 1 aromatic heterocycles. The molecule has 1 aliphatic carbocycles.